The molecule has 0 radical (unpaired) electrons. The van der Waals surface area contributed by atoms with Crippen LogP contribution in [0.1, 0.15) is 5.56 Å². The van der Waals surface area contributed by atoms with E-state index in [-0.39, 0.29) is 6.16 Å². The van der Waals surface area contributed by atoms with Gasteiger partial charge >= 0.3 is 7.60 Å². The Morgan fingerprint density at radius 3 is 2.06 bits per heavy atom. The van der Waals surface area contributed by atoms with Gasteiger partial charge in [-0.05, 0) is 17.7 Å². The van der Waals surface area contributed by atoms with Crippen LogP contribution in [0.15, 0.2) is 60.7 Å². The van der Waals surface area contributed by atoms with Crippen molar-refractivity contribution in [2.24, 2.45) is 0 Å². The molecule has 0 fully saturated rings. The zero-order chi connectivity index (χ0) is 12.8. The summed E-state index contributed by atoms with van der Waals surface area (Å²) >= 11 is 0. The summed E-state index contributed by atoms with van der Waals surface area (Å²) in [6.07, 6.45) is 0.263. The minimum absolute atomic E-state index is 0.263. The Bertz CT molecular complexity index is 480. The largest absolute Gasteiger partial charge is 0.424 e. The zero-order valence-electron chi connectivity index (χ0n) is 10.2. The topological polar surface area (TPSA) is 35.5 Å². The maximum absolute atomic E-state index is 12.5. The van der Waals surface area contributed by atoms with E-state index in [0.29, 0.717) is 5.75 Å². The van der Waals surface area contributed by atoms with Crippen molar-refractivity contribution in [2.45, 2.75) is 6.16 Å². The van der Waals surface area contributed by atoms with E-state index >= 15 is 0 Å². The Labute approximate surface area is 107 Å². The minimum atomic E-state index is -3.14. The monoisotopic (exact) mass is 262 g/mol. The highest BCUT2D eigenvalue weighted by molar-refractivity contribution is 7.53. The quantitative estimate of drug-likeness (QED) is 0.761. The predicted molar refractivity (Wildman–Crippen MR) is 71.8 cm³/mol. The maximum atomic E-state index is 12.5. The van der Waals surface area contributed by atoms with Crippen molar-refractivity contribution in [3.63, 3.8) is 0 Å². The molecule has 2 rings (SSSR count). The van der Waals surface area contributed by atoms with E-state index in [0.717, 1.165) is 5.56 Å². The lowest BCUT2D eigenvalue weighted by molar-refractivity contribution is 0.321. The van der Waals surface area contributed by atoms with Crippen LogP contribution in [-0.2, 0) is 15.3 Å². The molecular weight excluding hydrogens is 247 g/mol. The third kappa shape index (κ3) is 3.46. The highest BCUT2D eigenvalue weighted by Gasteiger charge is 2.24. The van der Waals surface area contributed by atoms with Crippen LogP contribution in [0.2, 0.25) is 0 Å². The third-order valence-electron chi connectivity index (χ3n) is 2.48. The Hall–Kier alpha value is -1.57. The molecule has 0 aliphatic carbocycles. The van der Waals surface area contributed by atoms with Gasteiger partial charge in [-0.15, -0.1) is 0 Å². The molecule has 0 saturated carbocycles. The molecule has 4 heteroatoms. The van der Waals surface area contributed by atoms with Crippen LogP contribution in [0.3, 0.4) is 0 Å². The van der Waals surface area contributed by atoms with Gasteiger partial charge in [0.1, 0.15) is 5.75 Å². The van der Waals surface area contributed by atoms with Crippen LogP contribution < -0.4 is 4.52 Å². The molecule has 2 aromatic rings. The molecule has 0 bridgehead atoms. The molecule has 1 unspecified atom stereocenters. The van der Waals surface area contributed by atoms with Gasteiger partial charge in [-0.25, -0.2) is 4.57 Å². The van der Waals surface area contributed by atoms with Crippen molar-refractivity contribution in [1.29, 1.82) is 0 Å². The van der Waals surface area contributed by atoms with E-state index in [9.17, 15) is 4.57 Å². The van der Waals surface area contributed by atoms with Crippen molar-refractivity contribution in [3.8, 4) is 5.75 Å². The molecule has 0 spiro atoms. The highest BCUT2D eigenvalue weighted by atomic mass is 31.2. The number of hydrogen-bond donors (Lipinski definition) is 0. The fraction of sp³-hybridized carbons (Fsp3) is 0.143. The van der Waals surface area contributed by atoms with Crippen molar-refractivity contribution >= 4 is 7.60 Å². The molecule has 0 N–H and O–H groups in total. The number of rotatable bonds is 5. The van der Waals surface area contributed by atoms with Gasteiger partial charge in [-0.3, -0.25) is 0 Å². The highest BCUT2D eigenvalue weighted by Crippen LogP contribution is 2.50. The van der Waals surface area contributed by atoms with Gasteiger partial charge in [0.2, 0.25) is 0 Å². The first-order chi connectivity index (χ1) is 8.72. The molecule has 2 aromatic carbocycles. The molecule has 0 heterocycles. The van der Waals surface area contributed by atoms with Crippen LogP contribution in [0.5, 0.6) is 5.75 Å². The van der Waals surface area contributed by atoms with E-state index in [4.69, 9.17) is 9.05 Å². The SMILES string of the molecule is COP(=O)(Cc1ccccc1)Oc1ccccc1. The van der Waals surface area contributed by atoms with Gasteiger partial charge in [-0.2, -0.15) is 0 Å². The summed E-state index contributed by atoms with van der Waals surface area (Å²) in [6.45, 7) is 0. The van der Waals surface area contributed by atoms with Crippen LogP contribution in [-0.4, -0.2) is 7.11 Å². The Kier molecular flexibility index (Phi) is 4.19. The van der Waals surface area contributed by atoms with E-state index in [1.807, 2.05) is 48.5 Å². The normalized spacial score (nSPS) is 13.8. The van der Waals surface area contributed by atoms with Crippen molar-refractivity contribution in [2.75, 3.05) is 7.11 Å². The Balaban J connectivity index is 2.14. The first-order valence-electron chi connectivity index (χ1n) is 5.65. The summed E-state index contributed by atoms with van der Waals surface area (Å²) in [5.74, 6) is 0.554. The Morgan fingerprint density at radius 1 is 0.944 bits per heavy atom. The van der Waals surface area contributed by atoms with Gasteiger partial charge in [0, 0.05) is 7.11 Å². The molecule has 0 aromatic heterocycles. The summed E-state index contributed by atoms with van der Waals surface area (Å²) in [7, 11) is -1.73. The number of benzene rings is 2. The minimum Gasteiger partial charge on any atom is -0.424 e. The zero-order valence-corrected chi connectivity index (χ0v) is 11.0. The lowest BCUT2D eigenvalue weighted by atomic mass is 10.2. The maximum Gasteiger partial charge on any atom is 0.383 e. The molecule has 0 aliphatic heterocycles. The summed E-state index contributed by atoms with van der Waals surface area (Å²) in [5, 5.41) is 0. The standard InChI is InChI=1S/C14H15O3P/c1-16-18(15,12-13-8-4-2-5-9-13)17-14-10-6-3-7-11-14/h2-11H,12H2,1H3. The molecule has 18 heavy (non-hydrogen) atoms. The fourth-order valence-electron chi connectivity index (χ4n) is 1.58. The van der Waals surface area contributed by atoms with Crippen molar-refractivity contribution in [3.05, 3.63) is 66.2 Å². The first-order valence-corrected chi connectivity index (χ1v) is 7.38. The van der Waals surface area contributed by atoms with Crippen LogP contribution >= 0.6 is 7.60 Å². The fourth-order valence-corrected chi connectivity index (χ4v) is 2.95. The summed E-state index contributed by atoms with van der Waals surface area (Å²) in [6, 6.07) is 18.6. The Morgan fingerprint density at radius 2 is 1.50 bits per heavy atom. The molecule has 0 amide bonds. The summed E-state index contributed by atoms with van der Waals surface area (Å²) in [5.41, 5.74) is 0.929. The lowest BCUT2D eigenvalue weighted by Gasteiger charge is -2.17. The van der Waals surface area contributed by atoms with Crippen molar-refractivity contribution in [1.82, 2.24) is 0 Å². The molecule has 1 atom stereocenters. The summed E-state index contributed by atoms with van der Waals surface area (Å²) < 4.78 is 23.0. The van der Waals surface area contributed by atoms with Crippen molar-refractivity contribution < 1.29 is 13.6 Å². The average Bonchev–Trinajstić information content (AvgIpc) is 2.41. The lowest BCUT2D eigenvalue weighted by Crippen LogP contribution is -1.99. The molecule has 3 nitrogen and oxygen atoms in total. The molecular formula is C14H15O3P. The van der Waals surface area contributed by atoms with Crippen LogP contribution in [0.4, 0.5) is 0 Å². The van der Waals surface area contributed by atoms with E-state index in [2.05, 4.69) is 0 Å². The van der Waals surface area contributed by atoms with Gasteiger partial charge in [-0.1, -0.05) is 48.5 Å². The third-order valence-corrected chi connectivity index (χ3v) is 4.28. The average molecular weight is 262 g/mol. The number of para-hydroxylation sites is 1. The van der Waals surface area contributed by atoms with Crippen LogP contribution in [0.25, 0.3) is 0 Å². The predicted octanol–water partition coefficient (Wildman–Crippen LogP) is 4.11. The molecule has 94 valence electrons. The second kappa shape index (κ2) is 5.85. The summed E-state index contributed by atoms with van der Waals surface area (Å²) in [4.78, 5) is 0. The van der Waals surface area contributed by atoms with E-state index in [1.54, 1.807) is 12.1 Å². The van der Waals surface area contributed by atoms with E-state index in [1.165, 1.54) is 7.11 Å². The second-order valence-corrected chi connectivity index (χ2v) is 5.93. The molecule has 0 aliphatic rings. The number of hydrogen-bond acceptors (Lipinski definition) is 3. The smallest absolute Gasteiger partial charge is 0.383 e. The van der Waals surface area contributed by atoms with Gasteiger partial charge in [0.25, 0.3) is 0 Å². The van der Waals surface area contributed by atoms with Gasteiger partial charge in [0.05, 0.1) is 6.16 Å². The first kappa shape index (κ1) is 12.9. The second-order valence-electron chi connectivity index (χ2n) is 3.84. The van der Waals surface area contributed by atoms with Gasteiger partial charge in [0.15, 0.2) is 0 Å². The van der Waals surface area contributed by atoms with E-state index < -0.39 is 7.60 Å². The molecule has 0 saturated heterocycles. The van der Waals surface area contributed by atoms with Gasteiger partial charge < -0.3 is 9.05 Å². The van der Waals surface area contributed by atoms with Crippen LogP contribution in [0, 0.1) is 0 Å².